The lowest BCUT2D eigenvalue weighted by Gasteiger charge is -2.10. The van der Waals surface area contributed by atoms with E-state index in [1.54, 1.807) is 42.5 Å². The van der Waals surface area contributed by atoms with Crippen LogP contribution in [0, 0.1) is 6.92 Å². The van der Waals surface area contributed by atoms with Gasteiger partial charge in [-0.25, -0.2) is 0 Å². The zero-order valence-corrected chi connectivity index (χ0v) is 12.1. The van der Waals surface area contributed by atoms with Gasteiger partial charge in [-0.2, -0.15) is 0 Å². The predicted octanol–water partition coefficient (Wildman–Crippen LogP) is 3.22. The van der Waals surface area contributed by atoms with Gasteiger partial charge in [0.05, 0.1) is 6.61 Å². The number of aryl methyl sites for hydroxylation is 1. The molecule has 4 heteroatoms. The van der Waals surface area contributed by atoms with Crippen LogP contribution in [0.2, 0.25) is 0 Å². The number of amides is 1. The van der Waals surface area contributed by atoms with Crippen molar-refractivity contribution in [2.75, 3.05) is 11.9 Å². The van der Waals surface area contributed by atoms with E-state index < -0.39 is 11.7 Å². The quantitative estimate of drug-likeness (QED) is 0.677. The van der Waals surface area contributed by atoms with Crippen molar-refractivity contribution >= 4 is 17.4 Å². The Morgan fingerprint density at radius 2 is 1.81 bits per heavy atom. The average molecular weight is 283 g/mol. The molecule has 2 rings (SSSR count). The largest absolute Gasteiger partial charge is 0.494 e. The topological polar surface area (TPSA) is 55.4 Å². The first-order valence-corrected chi connectivity index (χ1v) is 6.76. The number of ether oxygens (including phenoxy) is 1. The van der Waals surface area contributed by atoms with Crippen molar-refractivity contribution < 1.29 is 14.3 Å². The summed E-state index contributed by atoms with van der Waals surface area (Å²) in [6, 6.07) is 13.8. The van der Waals surface area contributed by atoms with E-state index in [0.29, 0.717) is 23.6 Å². The molecule has 0 fully saturated rings. The second-order valence-electron chi connectivity index (χ2n) is 4.56. The SMILES string of the molecule is CCOc1cc(NC(=O)C(=O)c2ccccc2)ccc1C. The van der Waals surface area contributed by atoms with Gasteiger partial charge in [0.2, 0.25) is 0 Å². The lowest BCUT2D eigenvalue weighted by atomic mass is 10.1. The minimum Gasteiger partial charge on any atom is -0.494 e. The molecule has 0 radical (unpaired) electrons. The summed E-state index contributed by atoms with van der Waals surface area (Å²) in [5.74, 6) is -0.524. The fraction of sp³-hybridized carbons (Fsp3) is 0.176. The highest BCUT2D eigenvalue weighted by atomic mass is 16.5. The molecule has 2 aromatic rings. The molecule has 0 aliphatic carbocycles. The van der Waals surface area contributed by atoms with Gasteiger partial charge in [0, 0.05) is 17.3 Å². The maximum atomic E-state index is 12.0. The van der Waals surface area contributed by atoms with E-state index in [1.807, 2.05) is 19.9 Å². The van der Waals surface area contributed by atoms with Crippen molar-refractivity contribution in [3.05, 3.63) is 59.7 Å². The molecule has 108 valence electrons. The van der Waals surface area contributed by atoms with Gasteiger partial charge in [-0.05, 0) is 25.5 Å². The molecule has 21 heavy (non-hydrogen) atoms. The first-order valence-electron chi connectivity index (χ1n) is 6.76. The minimum absolute atomic E-state index is 0.368. The maximum Gasteiger partial charge on any atom is 0.296 e. The maximum absolute atomic E-state index is 12.0. The number of carbonyl (C=O) groups is 2. The van der Waals surface area contributed by atoms with Crippen LogP contribution < -0.4 is 10.1 Å². The highest BCUT2D eigenvalue weighted by Crippen LogP contribution is 2.22. The van der Waals surface area contributed by atoms with E-state index in [4.69, 9.17) is 4.74 Å². The second-order valence-corrected chi connectivity index (χ2v) is 4.56. The summed E-state index contributed by atoms with van der Waals surface area (Å²) >= 11 is 0. The molecule has 0 spiro atoms. The van der Waals surface area contributed by atoms with Gasteiger partial charge in [-0.3, -0.25) is 9.59 Å². The smallest absolute Gasteiger partial charge is 0.296 e. The number of Topliss-reactive ketones (excluding diaryl/α,β-unsaturated/α-hetero) is 1. The third-order valence-corrected chi connectivity index (χ3v) is 2.99. The Bertz CT molecular complexity index is 650. The van der Waals surface area contributed by atoms with Crippen LogP contribution >= 0.6 is 0 Å². The normalized spacial score (nSPS) is 10.0. The van der Waals surface area contributed by atoms with Crippen LogP contribution in [0.5, 0.6) is 5.75 Å². The van der Waals surface area contributed by atoms with Gasteiger partial charge < -0.3 is 10.1 Å². The highest BCUT2D eigenvalue weighted by molar-refractivity contribution is 6.46. The van der Waals surface area contributed by atoms with Crippen molar-refractivity contribution in [2.24, 2.45) is 0 Å². The molecule has 0 aromatic heterocycles. The molecule has 0 saturated heterocycles. The molecular formula is C17H17NO3. The molecule has 0 aliphatic heterocycles. The van der Waals surface area contributed by atoms with Gasteiger partial charge in [0.1, 0.15) is 5.75 Å². The number of rotatable bonds is 5. The molecule has 1 N–H and O–H groups in total. The van der Waals surface area contributed by atoms with Gasteiger partial charge >= 0.3 is 0 Å². The Morgan fingerprint density at radius 3 is 2.48 bits per heavy atom. The number of hydrogen-bond acceptors (Lipinski definition) is 3. The summed E-state index contributed by atoms with van der Waals surface area (Å²) in [5, 5.41) is 2.60. The summed E-state index contributed by atoms with van der Waals surface area (Å²) < 4.78 is 5.47. The fourth-order valence-electron chi connectivity index (χ4n) is 1.90. The molecule has 0 heterocycles. The monoisotopic (exact) mass is 283 g/mol. The Hall–Kier alpha value is -2.62. The Morgan fingerprint density at radius 1 is 1.10 bits per heavy atom. The Labute approximate surface area is 123 Å². The summed E-state index contributed by atoms with van der Waals surface area (Å²) in [6.45, 7) is 4.36. The molecule has 4 nitrogen and oxygen atoms in total. The van der Waals surface area contributed by atoms with Crippen molar-refractivity contribution in [3.8, 4) is 5.75 Å². The van der Waals surface area contributed by atoms with Gasteiger partial charge in [0.15, 0.2) is 0 Å². The van der Waals surface area contributed by atoms with Crippen molar-refractivity contribution in [1.29, 1.82) is 0 Å². The lowest BCUT2D eigenvalue weighted by molar-refractivity contribution is -0.112. The number of hydrogen-bond donors (Lipinski definition) is 1. The van der Waals surface area contributed by atoms with E-state index in [1.165, 1.54) is 0 Å². The van der Waals surface area contributed by atoms with E-state index in [9.17, 15) is 9.59 Å². The summed E-state index contributed by atoms with van der Waals surface area (Å²) in [4.78, 5) is 23.9. The molecule has 0 bridgehead atoms. The van der Waals surface area contributed by atoms with Crippen LogP contribution in [0.15, 0.2) is 48.5 Å². The standard InChI is InChI=1S/C17H17NO3/c1-3-21-15-11-14(10-9-12(15)2)18-17(20)16(19)13-7-5-4-6-8-13/h4-11H,3H2,1-2H3,(H,18,20). The fourth-order valence-corrected chi connectivity index (χ4v) is 1.90. The van der Waals surface area contributed by atoms with E-state index in [-0.39, 0.29) is 0 Å². The van der Waals surface area contributed by atoms with Crippen LogP contribution in [-0.4, -0.2) is 18.3 Å². The lowest BCUT2D eigenvalue weighted by Crippen LogP contribution is -2.22. The third-order valence-electron chi connectivity index (χ3n) is 2.99. The van der Waals surface area contributed by atoms with Crippen LogP contribution in [0.25, 0.3) is 0 Å². The summed E-state index contributed by atoms with van der Waals surface area (Å²) in [7, 11) is 0. The van der Waals surface area contributed by atoms with Crippen molar-refractivity contribution in [2.45, 2.75) is 13.8 Å². The Kier molecular flexibility index (Phi) is 4.72. The van der Waals surface area contributed by atoms with Gasteiger partial charge in [0.25, 0.3) is 11.7 Å². The summed E-state index contributed by atoms with van der Waals surface area (Å²) in [6.07, 6.45) is 0. The van der Waals surface area contributed by atoms with Gasteiger partial charge in [-0.15, -0.1) is 0 Å². The number of nitrogens with one attached hydrogen (secondary N) is 1. The summed E-state index contributed by atoms with van der Waals surface area (Å²) in [5.41, 5.74) is 1.88. The first kappa shape index (κ1) is 14.8. The Balaban J connectivity index is 2.13. The minimum atomic E-state index is -0.660. The van der Waals surface area contributed by atoms with Crippen LogP contribution in [0.3, 0.4) is 0 Å². The van der Waals surface area contributed by atoms with E-state index in [2.05, 4.69) is 5.32 Å². The molecule has 0 atom stereocenters. The van der Waals surface area contributed by atoms with Crippen LogP contribution in [0.4, 0.5) is 5.69 Å². The third kappa shape index (κ3) is 3.69. The van der Waals surface area contributed by atoms with Crippen LogP contribution in [0.1, 0.15) is 22.8 Å². The van der Waals surface area contributed by atoms with Gasteiger partial charge in [-0.1, -0.05) is 36.4 Å². The van der Waals surface area contributed by atoms with E-state index >= 15 is 0 Å². The second kappa shape index (κ2) is 6.70. The molecular weight excluding hydrogens is 266 g/mol. The zero-order chi connectivity index (χ0) is 15.2. The average Bonchev–Trinajstić information content (AvgIpc) is 2.51. The van der Waals surface area contributed by atoms with Crippen molar-refractivity contribution in [1.82, 2.24) is 0 Å². The number of ketones is 1. The molecule has 0 unspecified atom stereocenters. The number of carbonyl (C=O) groups excluding carboxylic acids is 2. The first-order chi connectivity index (χ1) is 10.1. The molecule has 2 aromatic carbocycles. The van der Waals surface area contributed by atoms with E-state index in [0.717, 1.165) is 5.56 Å². The highest BCUT2D eigenvalue weighted by Gasteiger charge is 2.16. The molecule has 1 amide bonds. The molecule has 0 aliphatic rings. The van der Waals surface area contributed by atoms with Crippen LogP contribution in [-0.2, 0) is 4.79 Å². The zero-order valence-electron chi connectivity index (χ0n) is 12.1. The number of anilines is 1. The number of benzene rings is 2. The molecule has 0 saturated carbocycles. The van der Waals surface area contributed by atoms with Crippen molar-refractivity contribution in [3.63, 3.8) is 0 Å². The predicted molar refractivity (Wildman–Crippen MR) is 81.8 cm³/mol.